The molecular weight excluding hydrogens is 405 g/mol. The molecule has 1 saturated carbocycles. The second kappa shape index (κ2) is 6.61. The molecule has 4 rings (SSSR count). The molecule has 0 amide bonds. The molecule has 0 radical (unpaired) electrons. The molecule has 0 bridgehead atoms. The van der Waals surface area contributed by atoms with Crippen LogP contribution in [0.5, 0.6) is 0 Å². The van der Waals surface area contributed by atoms with E-state index in [0.29, 0.717) is 24.7 Å². The fourth-order valence-corrected chi connectivity index (χ4v) is 6.40. The Balaban J connectivity index is 1.65. The zero-order valence-electron chi connectivity index (χ0n) is 16.6. The smallest absolute Gasteiger partial charge is 0.385 e. The topological polar surface area (TPSA) is 63.6 Å². The summed E-state index contributed by atoms with van der Waals surface area (Å²) in [5.74, 6) is 0.456. The van der Waals surface area contributed by atoms with Crippen molar-refractivity contribution in [3.63, 3.8) is 0 Å². The fraction of sp³-hybridized carbons (Fsp3) is 0.714. The minimum atomic E-state index is -5.73. The molecule has 0 aromatic heterocycles. The third-order valence-electron chi connectivity index (χ3n) is 7.53. The van der Waals surface area contributed by atoms with E-state index in [1.54, 1.807) is 6.92 Å². The summed E-state index contributed by atoms with van der Waals surface area (Å²) < 4.78 is 66.2. The molecule has 4 aliphatic carbocycles. The van der Waals surface area contributed by atoms with E-state index in [0.717, 1.165) is 31.3 Å². The highest BCUT2D eigenvalue weighted by molar-refractivity contribution is 7.87. The molecule has 4 unspecified atom stereocenters. The van der Waals surface area contributed by atoms with Crippen molar-refractivity contribution in [2.45, 2.75) is 69.9 Å². The van der Waals surface area contributed by atoms with Gasteiger partial charge in [-0.3, -0.25) is 0 Å². The van der Waals surface area contributed by atoms with Gasteiger partial charge >= 0.3 is 15.6 Å². The predicted octanol–water partition coefficient (Wildman–Crippen LogP) is 4.98. The number of rotatable bonds is 2. The molecule has 0 heterocycles. The van der Waals surface area contributed by atoms with Gasteiger partial charge in [0.2, 0.25) is 0 Å². The lowest BCUT2D eigenvalue weighted by atomic mass is 9.60. The SMILES string of the molecule is CC1CCC2=CC3=CCC4(C)C(OS(=O)(=O)C(F)(F)F)=CCC4[C@@]3(O)CCC2C1. The summed E-state index contributed by atoms with van der Waals surface area (Å²) in [6.45, 7) is 3.94. The Morgan fingerprint density at radius 2 is 1.97 bits per heavy atom. The minimum Gasteiger partial charge on any atom is -0.385 e. The average Bonchev–Trinajstić information content (AvgIpc) is 2.85. The first-order valence-electron chi connectivity index (χ1n) is 10.2. The Morgan fingerprint density at radius 1 is 1.24 bits per heavy atom. The third kappa shape index (κ3) is 3.26. The monoisotopic (exact) mass is 432 g/mol. The van der Waals surface area contributed by atoms with Crippen LogP contribution < -0.4 is 0 Å². The highest BCUT2D eigenvalue weighted by atomic mass is 32.2. The van der Waals surface area contributed by atoms with E-state index in [1.165, 1.54) is 11.6 Å². The van der Waals surface area contributed by atoms with Crippen molar-refractivity contribution in [3.05, 3.63) is 35.1 Å². The first kappa shape index (κ1) is 21.0. The molecule has 0 aromatic carbocycles. The molecule has 162 valence electrons. The van der Waals surface area contributed by atoms with Gasteiger partial charge in [0.05, 0.1) is 5.60 Å². The van der Waals surface area contributed by atoms with Gasteiger partial charge in [0.15, 0.2) is 0 Å². The maximum absolute atomic E-state index is 12.8. The molecule has 0 saturated heterocycles. The number of hydrogen-bond acceptors (Lipinski definition) is 4. The van der Waals surface area contributed by atoms with Crippen molar-refractivity contribution in [1.29, 1.82) is 0 Å². The van der Waals surface area contributed by atoms with E-state index in [9.17, 15) is 26.7 Å². The van der Waals surface area contributed by atoms with E-state index in [1.807, 2.05) is 6.08 Å². The Bertz CT molecular complexity index is 901. The molecule has 4 nitrogen and oxygen atoms in total. The van der Waals surface area contributed by atoms with E-state index >= 15 is 0 Å². The van der Waals surface area contributed by atoms with Gasteiger partial charge in [-0.15, -0.1) is 0 Å². The van der Waals surface area contributed by atoms with Gasteiger partial charge in [0, 0.05) is 11.3 Å². The first-order chi connectivity index (χ1) is 13.4. The lowest BCUT2D eigenvalue weighted by molar-refractivity contribution is -0.0595. The van der Waals surface area contributed by atoms with E-state index in [2.05, 4.69) is 17.2 Å². The van der Waals surface area contributed by atoms with Gasteiger partial charge in [-0.1, -0.05) is 31.6 Å². The van der Waals surface area contributed by atoms with E-state index in [-0.39, 0.29) is 12.2 Å². The number of fused-ring (bicyclic) bond motifs is 4. The van der Waals surface area contributed by atoms with Crippen LogP contribution in [0.4, 0.5) is 13.2 Å². The maximum atomic E-state index is 12.8. The lowest BCUT2D eigenvalue weighted by Gasteiger charge is -2.47. The summed E-state index contributed by atoms with van der Waals surface area (Å²) >= 11 is 0. The summed E-state index contributed by atoms with van der Waals surface area (Å²) in [6.07, 6.45) is 10.6. The molecule has 1 N–H and O–H groups in total. The van der Waals surface area contributed by atoms with Gasteiger partial charge in [-0.2, -0.15) is 21.6 Å². The Kier molecular flexibility index (Phi) is 4.78. The standard InChI is InChI=1S/C21H27F3O4S/c1-13-3-4-14-12-16-8-9-19(2)17(20(16,25)10-7-15(14)11-13)5-6-18(19)28-29(26,27)21(22,23)24/h6,8,12-13,15,17,25H,3-5,7,9-11H2,1-2H3/t13?,15?,17?,19?,20-/m1/s1. The van der Waals surface area contributed by atoms with E-state index < -0.39 is 32.6 Å². The molecule has 8 heteroatoms. The average molecular weight is 433 g/mol. The fourth-order valence-electron chi connectivity index (χ4n) is 5.81. The van der Waals surface area contributed by atoms with E-state index in [4.69, 9.17) is 0 Å². The summed E-state index contributed by atoms with van der Waals surface area (Å²) in [5, 5.41) is 11.7. The number of hydrogen-bond donors (Lipinski definition) is 1. The van der Waals surface area contributed by atoms with Crippen LogP contribution in [-0.2, 0) is 14.3 Å². The van der Waals surface area contributed by atoms with Crippen LogP contribution in [0.15, 0.2) is 35.1 Å². The second-order valence-electron chi connectivity index (χ2n) is 9.38. The predicted molar refractivity (Wildman–Crippen MR) is 102 cm³/mol. The molecule has 0 aromatic rings. The van der Waals surface area contributed by atoms with Crippen LogP contribution >= 0.6 is 0 Å². The molecule has 1 fully saturated rings. The van der Waals surface area contributed by atoms with Crippen LogP contribution in [0.3, 0.4) is 0 Å². The third-order valence-corrected chi connectivity index (χ3v) is 8.49. The van der Waals surface area contributed by atoms with Crippen molar-refractivity contribution in [1.82, 2.24) is 0 Å². The van der Waals surface area contributed by atoms with Gasteiger partial charge in [0.1, 0.15) is 5.76 Å². The van der Waals surface area contributed by atoms with Gasteiger partial charge < -0.3 is 9.29 Å². The molecule has 4 aliphatic rings. The summed E-state index contributed by atoms with van der Waals surface area (Å²) in [4.78, 5) is 0. The van der Waals surface area contributed by atoms with Crippen molar-refractivity contribution < 1.29 is 30.9 Å². The summed E-state index contributed by atoms with van der Waals surface area (Å²) in [6, 6.07) is 0. The van der Waals surface area contributed by atoms with Crippen molar-refractivity contribution in [2.24, 2.45) is 23.2 Å². The normalized spacial score (nSPS) is 39.9. The van der Waals surface area contributed by atoms with Gasteiger partial charge in [0.25, 0.3) is 0 Å². The summed E-state index contributed by atoms with van der Waals surface area (Å²) in [7, 11) is -5.73. The molecular formula is C21H27F3O4S. The Morgan fingerprint density at radius 3 is 2.66 bits per heavy atom. The van der Waals surface area contributed by atoms with Gasteiger partial charge in [-0.05, 0) is 68.4 Å². The number of aliphatic hydroxyl groups is 1. The molecule has 0 spiro atoms. The van der Waals surface area contributed by atoms with Crippen LogP contribution in [0.25, 0.3) is 0 Å². The highest BCUT2D eigenvalue weighted by Crippen LogP contribution is 2.59. The zero-order chi connectivity index (χ0) is 21.2. The Labute approximate surface area is 169 Å². The first-order valence-corrected chi connectivity index (χ1v) is 11.6. The van der Waals surface area contributed by atoms with Crippen LogP contribution in [-0.4, -0.2) is 24.6 Å². The summed E-state index contributed by atoms with van der Waals surface area (Å²) in [5.41, 5.74) is -5.47. The number of alkyl halides is 3. The van der Waals surface area contributed by atoms with Crippen molar-refractivity contribution in [3.8, 4) is 0 Å². The Hall–Kier alpha value is -1.28. The van der Waals surface area contributed by atoms with Crippen molar-refractivity contribution in [2.75, 3.05) is 0 Å². The van der Waals surface area contributed by atoms with Crippen LogP contribution in [0.2, 0.25) is 0 Å². The van der Waals surface area contributed by atoms with Crippen LogP contribution in [0.1, 0.15) is 58.8 Å². The van der Waals surface area contributed by atoms with Gasteiger partial charge in [-0.25, -0.2) is 0 Å². The number of allylic oxidation sites excluding steroid dienone is 4. The van der Waals surface area contributed by atoms with Crippen LogP contribution in [0, 0.1) is 23.2 Å². The second-order valence-corrected chi connectivity index (χ2v) is 10.9. The lowest BCUT2D eigenvalue weighted by Crippen LogP contribution is -2.49. The highest BCUT2D eigenvalue weighted by Gasteiger charge is 2.59. The molecule has 0 aliphatic heterocycles. The quantitative estimate of drug-likeness (QED) is 0.494. The minimum absolute atomic E-state index is 0.202. The largest absolute Gasteiger partial charge is 0.534 e. The molecule has 29 heavy (non-hydrogen) atoms. The van der Waals surface area contributed by atoms with Crippen molar-refractivity contribution >= 4 is 10.1 Å². The zero-order valence-corrected chi connectivity index (χ0v) is 17.4. The maximum Gasteiger partial charge on any atom is 0.534 e. The number of halogens is 3. The molecule has 5 atom stereocenters.